The van der Waals surface area contributed by atoms with Crippen LogP contribution in [0.2, 0.25) is 0 Å². The van der Waals surface area contributed by atoms with E-state index in [4.69, 9.17) is 9.47 Å². The summed E-state index contributed by atoms with van der Waals surface area (Å²) in [4.78, 5) is 37.9. The number of anilines is 1. The van der Waals surface area contributed by atoms with Crippen LogP contribution in [0.1, 0.15) is 49.9 Å². The van der Waals surface area contributed by atoms with Crippen LogP contribution in [-0.2, 0) is 14.3 Å². The fourth-order valence-corrected chi connectivity index (χ4v) is 3.98. The largest absolute Gasteiger partial charge is 0.449 e. The maximum Gasteiger partial charge on any atom is 0.339 e. The molecule has 9 heteroatoms. The zero-order valence-electron chi connectivity index (χ0n) is 17.5. The Bertz CT molecular complexity index is 793. The summed E-state index contributed by atoms with van der Waals surface area (Å²) in [6.07, 6.45) is 3.24. The van der Waals surface area contributed by atoms with Gasteiger partial charge in [0.25, 0.3) is 11.6 Å². The lowest BCUT2D eigenvalue weighted by molar-refractivity contribution is -0.384. The molecule has 0 radical (unpaired) electrons. The maximum absolute atomic E-state index is 12.5. The Kier molecular flexibility index (Phi) is 7.25. The molecule has 0 bridgehead atoms. The van der Waals surface area contributed by atoms with Crippen molar-refractivity contribution in [1.29, 1.82) is 0 Å². The topological polar surface area (TPSA) is 111 Å². The highest BCUT2D eigenvalue weighted by Gasteiger charge is 2.28. The number of nitrogens with zero attached hydrogens (tertiary/aromatic N) is 2. The molecule has 1 aliphatic carbocycles. The molecule has 2 fully saturated rings. The number of hydrogen-bond donors (Lipinski definition) is 1. The zero-order chi connectivity index (χ0) is 21.7. The third kappa shape index (κ3) is 5.27. The van der Waals surface area contributed by atoms with Gasteiger partial charge < -0.3 is 19.7 Å². The van der Waals surface area contributed by atoms with Crippen molar-refractivity contribution in [2.75, 3.05) is 31.2 Å². The van der Waals surface area contributed by atoms with Gasteiger partial charge in [-0.15, -0.1) is 0 Å². The van der Waals surface area contributed by atoms with E-state index in [0.29, 0.717) is 37.9 Å². The van der Waals surface area contributed by atoms with Crippen LogP contribution in [0, 0.1) is 16.0 Å². The highest BCUT2D eigenvalue weighted by Crippen LogP contribution is 2.30. The number of ether oxygens (including phenoxy) is 2. The lowest BCUT2D eigenvalue weighted by Gasteiger charge is -2.30. The molecule has 0 unspecified atom stereocenters. The Labute approximate surface area is 175 Å². The molecule has 30 heavy (non-hydrogen) atoms. The van der Waals surface area contributed by atoms with Gasteiger partial charge in [0.15, 0.2) is 6.10 Å². The molecule has 1 saturated heterocycles. The van der Waals surface area contributed by atoms with E-state index >= 15 is 0 Å². The highest BCUT2D eigenvalue weighted by molar-refractivity contribution is 5.93. The number of nitro benzene ring substituents is 1. The summed E-state index contributed by atoms with van der Waals surface area (Å²) in [6.45, 7) is 5.69. The molecular weight excluding hydrogens is 390 g/mol. The third-order valence-electron chi connectivity index (χ3n) is 5.85. The maximum atomic E-state index is 12.5. The normalized spacial score (nSPS) is 22.8. The summed E-state index contributed by atoms with van der Waals surface area (Å²) in [6, 6.07) is 4.34. The number of nitrogens with one attached hydrogen (secondary N) is 1. The summed E-state index contributed by atoms with van der Waals surface area (Å²) >= 11 is 0. The van der Waals surface area contributed by atoms with Crippen molar-refractivity contribution >= 4 is 23.3 Å². The summed E-state index contributed by atoms with van der Waals surface area (Å²) in [5, 5.41) is 14.5. The lowest BCUT2D eigenvalue weighted by Crippen LogP contribution is -2.46. The van der Waals surface area contributed by atoms with Crippen molar-refractivity contribution in [3.63, 3.8) is 0 Å². The van der Waals surface area contributed by atoms with Crippen LogP contribution in [0.25, 0.3) is 0 Å². The third-order valence-corrected chi connectivity index (χ3v) is 5.85. The molecule has 2 aliphatic rings. The monoisotopic (exact) mass is 419 g/mol. The van der Waals surface area contributed by atoms with Gasteiger partial charge in [-0.25, -0.2) is 4.79 Å². The van der Waals surface area contributed by atoms with Gasteiger partial charge in [-0.1, -0.05) is 19.8 Å². The molecule has 9 nitrogen and oxygen atoms in total. The predicted molar refractivity (Wildman–Crippen MR) is 111 cm³/mol. The first-order valence-electron chi connectivity index (χ1n) is 10.5. The predicted octanol–water partition coefficient (Wildman–Crippen LogP) is 2.67. The Morgan fingerprint density at radius 1 is 1.27 bits per heavy atom. The smallest absolute Gasteiger partial charge is 0.339 e. The van der Waals surface area contributed by atoms with Crippen molar-refractivity contribution in [1.82, 2.24) is 5.32 Å². The number of rotatable bonds is 6. The molecule has 3 atom stereocenters. The van der Waals surface area contributed by atoms with Crippen LogP contribution in [0.15, 0.2) is 18.2 Å². The number of amides is 1. The zero-order valence-corrected chi connectivity index (χ0v) is 17.5. The van der Waals surface area contributed by atoms with E-state index in [2.05, 4.69) is 12.2 Å². The van der Waals surface area contributed by atoms with Gasteiger partial charge in [0.05, 0.1) is 23.7 Å². The number of esters is 1. The number of carbonyl (C=O) groups excluding carboxylic acids is 2. The number of benzene rings is 1. The molecule has 3 rings (SSSR count). The van der Waals surface area contributed by atoms with Gasteiger partial charge in [-0.3, -0.25) is 14.9 Å². The number of hydrogen-bond acceptors (Lipinski definition) is 7. The second-order valence-electron chi connectivity index (χ2n) is 7.98. The SMILES string of the molecule is C[C@@H](OC(=O)c1ccc(N2CCOCC2)c([N+](=O)[O-])c1)C(=O)N[C@H]1CCCC[C@@H]1C. The molecule has 1 aromatic rings. The van der Waals surface area contributed by atoms with Crippen molar-refractivity contribution in [2.45, 2.75) is 51.7 Å². The van der Waals surface area contributed by atoms with E-state index in [9.17, 15) is 19.7 Å². The van der Waals surface area contributed by atoms with Gasteiger partial charge in [-0.2, -0.15) is 0 Å². The summed E-state index contributed by atoms with van der Waals surface area (Å²) in [5.41, 5.74) is 0.320. The molecular formula is C21H29N3O6. The molecule has 1 amide bonds. The second-order valence-corrected chi connectivity index (χ2v) is 7.98. The average molecular weight is 419 g/mol. The first-order valence-corrected chi connectivity index (χ1v) is 10.5. The minimum absolute atomic E-state index is 0.0457. The molecule has 0 aromatic heterocycles. The first-order chi connectivity index (χ1) is 14.4. The molecule has 1 heterocycles. The number of nitro groups is 1. The van der Waals surface area contributed by atoms with Crippen molar-refractivity contribution in [2.24, 2.45) is 5.92 Å². The molecule has 164 valence electrons. The second kappa shape index (κ2) is 9.88. The van der Waals surface area contributed by atoms with Gasteiger partial charge in [0.2, 0.25) is 0 Å². The fraction of sp³-hybridized carbons (Fsp3) is 0.619. The Balaban J connectivity index is 1.66. The summed E-state index contributed by atoms with van der Waals surface area (Å²) in [7, 11) is 0. The standard InChI is InChI=1S/C21H29N3O6/c1-14-5-3-4-6-17(14)22-20(25)15(2)30-21(26)16-7-8-18(19(13-16)24(27)28)23-9-11-29-12-10-23/h7-8,13-15,17H,3-6,9-12H2,1-2H3,(H,22,25)/t14-,15+,17-/m0/s1. The van der Waals surface area contributed by atoms with Gasteiger partial charge in [0.1, 0.15) is 5.69 Å². The quantitative estimate of drug-likeness (QED) is 0.429. The van der Waals surface area contributed by atoms with Crippen molar-refractivity contribution < 1.29 is 24.0 Å². The number of morpholine rings is 1. The molecule has 1 N–H and O–H groups in total. The Morgan fingerprint density at radius 3 is 2.63 bits per heavy atom. The summed E-state index contributed by atoms with van der Waals surface area (Å²) in [5.74, 6) is -0.714. The minimum Gasteiger partial charge on any atom is -0.449 e. The van der Waals surface area contributed by atoms with Crippen LogP contribution >= 0.6 is 0 Å². The van der Waals surface area contributed by atoms with E-state index < -0.39 is 17.0 Å². The average Bonchev–Trinajstić information content (AvgIpc) is 2.75. The minimum atomic E-state index is -0.982. The van der Waals surface area contributed by atoms with Gasteiger partial charge >= 0.3 is 5.97 Å². The molecule has 0 spiro atoms. The molecule has 1 aromatic carbocycles. The van der Waals surface area contributed by atoms with E-state index in [1.54, 1.807) is 6.07 Å². The fourth-order valence-electron chi connectivity index (χ4n) is 3.98. The van der Waals surface area contributed by atoms with Crippen molar-refractivity contribution in [3.8, 4) is 0 Å². The summed E-state index contributed by atoms with van der Waals surface area (Å²) < 4.78 is 10.6. The highest BCUT2D eigenvalue weighted by atomic mass is 16.6. The van der Waals surface area contributed by atoms with E-state index in [1.807, 2.05) is 4.90 Å². The number of carbonyl (C=O) groups is 2. The Morgan fingerprint density at radius 2 is 1.97 bits per heavy atom. The lowest BCUT2D eigenvalue weighted by atomic mass is 9.86. The Hall–Kier alpha value is -2.68. The van der Waals surface area contributed by atoms with Crippen LogP contribution in [0.3, 0.4) is 0 Å². The van der Waals surface area contributed by atoms with Gasteiger partial charge in [0, 0.05) is 25.2 Å². The van der Waals surface area contributed by atoms with Crippen molar-refractivity contribution in [3.05, 3.63) is 33.9 Å². The van der Waals surface area contributed by atoms with Crippen LogP contribution in [0.5, 0.6) is 0 Å². The van der Waals surface area contributed by atoms with E-state index in [1.165, 1.54) is 19.1 Å². The van der Waals surface area contributed by atoms with Crippen LogP contribution < -0.4 is 10.2 Å². The molecule has 1 saturated carbocycles. The molecule has 1 aliphatic heterocycles. The van der Waals surface area contributed by atoms with Crippen LogP contribution in [0.4, 0.5) is 11.4 Å². The first kappa shape index (κ1) is 22.0. The van der Waals surface area contributed by atoms with E-state index in [-0.39, 0.29) is 23.2 Å². The van der Waals surface area contributed by atoms with Crippen LogP contribution in [-0.4, -0.2) is 55.2 Å². The van der Waals surface area contributed by atoms with E-state index in [0.717, 1.165) is 25.7 Å². The van der Waals surface area contributed by atoms with Gasteiger partial charge in [-0.05, 0) is 37.8 Å².